The third kappa shape index (κ3) is 3.18. The summed E-state index contributed by atoms with van der Waals surface area (Å²) in [6.07, 6.45) is 1.88. The highest BCUT2D eigenvalue weighted by Gasteiger charge is 2.24. The summed E-state index contributed by atoms with van der Waals surface area (Å²) in [5.74, 6) is 0.410. The minimum absolute atomic E-state index is 0.0205. The first-order chi connectivity index (χ1) is 13.4. The highest BCUT2D eigenvalue weighted by molar-refractivity contribution is 7.21. The van der Waals surface area contributed by atoms with Gasteiger partial charge < -0.3 is 19.8 Å². The van der Waals surface area contributed by atoms with E-state index in [1.165, 1.54) is 5.56 Å². The molecule has 0 radical (unpaired) electrons. The van der Waals surface area contributed by atoms with Crippen molar-refractivity contribution in [3.05, 3.63) is 44.7 Å². The van der Waals surface area contributed by atoms with E-state index >= 15 is 0 Å². The number of aryl methyl sites for hydroxylation is 2. The number of rotatable bonds is 3. The van der Waals surface area contributed by atoms with Crippen molar-refractivity contribution in [2.75, 3.05) is 26.2 Å². The molecule has 4 rings (SSSR count). The molecule has 6 nitrogen and oxygen atoms in total. The summed E-state index contributed by atoms with van der Waals surface area (Å²) in [5.41, 5.74) is 4.98. The van der Waals surface area contributed by atoms with Crippen molar-refractivity contribution in [2.24, 2.45) is 7.05 Å². The zero-order valence-corrected chi connectivity index (χ0v) is 17.6. The number of H-pyrrole nitrogens is 1. The van der Waals surface area contributed by atoms with Gasteiger partial charge in [-0.1, -0.05) is 13.8 Å². The summed E-state index contributed by atoms with van der Waals surface area (Å²) in [6, 6.07) is 3.92. The number of carbonyl (C=O) groups excluding carboxylic acids is 1. The fourth-order valence-electron chi connectivity index (χ4n) is 3.92. The Morgan fingerprint density at radius 2 is 1.93 bits per heavy atom. The van der Waals surface area contributed by atoms with E-state index in [9.17, 15) is 9.59 Å². The second kappa shape index (κ2) is 7.22. The van der Waals surface area contributed by atoms with E-state index in [1.807, 2.05) is 30.2 Å². The number of amides is 1. The number of nitrogens with zero attached hydrogens (tertiary/aromatic N) is 2. The van der Waals surface area contributed by atoms with Crippen molar-refractivity contribution in [2.45, 2.75) is 26.7 Å². The van der Waals surface area contributed by atoms with E-state index in [4.69, 9.17) is 0 Å². The molecule has 148 valence electrons. The molecule has 1 amide bonds. The summed E-state index contributed by atoms with van der Waals surface area (Å²) in [6.45, 7) is 9.38. The van der Waals surface area contributed by atoms with E-state index in [0.29, 0.717) is 5.92 Å². The molecule has 0 aliphatic carbocycles. The first-order valence-electron chi connectivity index (χ1n) is 9.70. The van der Waals surface area contributed by atoms with Crippen molar-refractivity contribution in [1.29, 1.82) is 0 Å². The van der Waals surface area contributed by atoms with Crippen molar-refractivity contribution in [3.63, 3.8) is 0 Å². The Labute approximate surface area is 168 Å². The molecule has 4 heterocycles. The number of pyridine rings is 1. The van der Waals surface area contributed by atoms with Crippen LogP contribution in [-0.4, -0.2) is 46.5 Å². The second-order valence-electron chi connectivity index (χ2n) is 7.79. The molecular weight excluding hydrogens is 372 g/mol. The maximum Gasteiger partial charge on any atom is 0.264 e. The zero-order chi connectivity index (χ0) is 20.0. The lowest BCUT2D eigenvalue weighted by atomic mass is 9.99. The Morgan fingerprint density at radius 3 is 2.57 bits per heavy atom. The largest absolute Gasteiger partial charge is 0.354 e. The molecule has 1 fully saturated rings. The summed E-state index contributed by atoms with van der Waals surface area (Å²) in [5, 5.41) is 3.28. The van der Waals surface area contributed by atoms with Gasteiger partial charge in [-0.2, -0.15) is 0 Å². The van der Waals surface area contributed by atoms with Gasteiger partial charge in [0.1, 0.15) is 0 Å². The molecule has 0 atom stereocenters. The first-order valence-corrected chi connectivity index (χ1v) is 10.5. The summed E-state index contributed by atoms with van der Waals surface area (Å²) < 4.78 is 2.76. The number of thiophene rings is 1. The maximum absolute atomic E-state index is 12.9. The Kier molecular flexibility index (Phi) is 4.89. The molecule has 0 unspecified atom stereocenters. The molecule has 7 heteroatoms. The van der Waals surface area contributed by atoms with Gasteiger partial charge in [0.2, 0.25) is 0 Å². The van der Waals surface area contributed by atoms with Gasteiger partial charge in [-0.3, -0.25) is 9.59 Å². The average Bonchev–Trinajstić information content (AvgIpc) is 3.23. The topological polar surface area (TPSA) is 70.1 Å². The van der Waals surface area contributed by atoms with Crippen LogP contribution in [-0.2, 0) is 7.05 Å². The number of nitrogens with one attached hydrogen (secondary N) is 2. The molecule has 1 saturated heterocycles. The highest BCUT2D eigenvalue weighted by atomic mass is 32.1. The number of aromatic amines is 1. The van der Waals surface area contributed by atoms with Crippen LogP contribution in [0.25, 0.3) is 21.5 Å². The van der Waals surface area contributed by atoms with Crippen molar-refractivity contribution < 1.29 is 4.79 Å². The number of hydrogen-bond donors (Lipinski definition) is 2. The SMILES string of the molecule is Cc1cc(-c2[nH]c3cc(C(=O)N4CCNCC4)sc3c2C(C)C)cn(C)c1=O. The van der Waals surface area contributed by atoms with Gasteiger partial charge in [0.15, 0.2) is 0 Å². The van der Waals surface area contributed by atoms with Gasteiger partial charge in [-0.25, -0.2) is 0 Å². The molecule has 2 N–H and O–H groups in total. The predicted octanol–water partition coefficient (Wildman–Crippen LogP) is 3.07. The third-order valence-electron chi connectivity index (χ3n) is 5.35. The van der Waals surface area contributed by atoms with Crippen LogP contribution in [0.3, 0.4) is 0 Å². The lowest BCUT2D eigenvalue weighted by Crippen LogP contribution is -2.46. The normalized spacial score (nSPS) is 15.0. The minimum atomic E-state index is 0.0205. The minimum Gasteiger partial charge on any atom is -0.354 e. The molecule has 28 heavy (non-hydrogen) atoms. The monoisotopic (exact) mass is 398 g/mol. The average molecular weight is 399 g/mol. The molecular formula is C21H26N4O2S. The fourth-order valence-corrected chi connectivity index (χ4v) is 5.20. The highest BCUT2D eigenvalue weighted by Crippen LogP contribution is 2.40. The summed E-state index contributed by atoms with van der Waals surface area (Å²) >= 11 is 1.57. The van der Waals surface area contributed by atoms with Crippen LogP contribution in [0, 0.1) is 6.92 Å². The third-order valence-corrected chi connectivity index (χ3v) is 6.51. The molecule has 1 aliphatic heterocycles. The van der Waals surface area contributed by atoms with Gasteiger partial charge in [0, 0.05) is 50.6 Å². The summed E-state index contributed by atoms with van der Waals surface area (Å²) in [4.78, 5) is 31.2. The molecule has 3 aromatic rings. The zero-order valence-electron chi connectivity index (χ0n) is 16.8. The maximum atomic E-state index is 12.9. The van der Waals surface area contributed by atoms with E-state index in [1.54, 1.807) is 23.0 Å². The van der Waals surface area contributed by atoms with Crippen molar-refractivity contribution >= 4 is 27.5 Å². The van der Waals surface area contributed by atoms with Gasteiger partial charge in [-0.15, -0.1) is 11.3 Å². The predicted molar refractivity (Wildman–Crippen MR) is 114 cm³/mol. The first kappa shape index (κ1) is 19.0. The quantitative estimate of drug-likeness (QED) is 0.712. The van der Waals surface area contributed by atoms with Gasteiger partial charge in [0.25, 0.3) is 11.5 Å². The molecule has 1 aliphatic rings. The van der Waals surface area contributed by atoms with Gasteiger partial charge in [0.05, 0.1) is 20.8 Å². The van der Waals surface area contributed by atoms with Crippen LogP contribution in [0.4, 0.5) is 0 Å². The molecule has 0 spiro atoms. The Balaban J connectivity index is 1.80. The standard InChI is InChI=1S/C21H26N4O2S/c1-12(2)17-18(14-9-13(3)20(26)24(4)11-14)23-15-10-16(28-19(15)17)21(27)25-7-5-22-6-8-25/h9-12,22-23H,5-8H2,1-4H3. The Morgan fingerprint density at radius 1 is 1.21 bits per heavy atom. The van der Waals surface area contributed by atoms with E-state index in [2.05, 4.69) is 24.1 Å². The van der Waals surface area contributed by atoms with Crippen LogP contribution >= 0.6 is 11.3 Å². The lowest BCUT2D eigenvalue weighted by molar-refractivity contribution is 0.0741. The van der Waals surface area contributed by atoms with Gasteiger partial charge in [-0.05, 0) is 30.5 Å². The van der Waals surface area contributed by atoms with E-state index in [-0.39, 0.29) is 11.5 Å². The van der Waals surface area contributed by atoms with Crippen LogP contribution < -0.4 is 10.9 Å². The molecule has 0 saturated carbocycles. The van der Waals surface area contributed by atoms with Crippen molar-refractivity contribution in [3.8, 4) is 11.3 Å². The Hall–Kier alpha value is -2.38. The van der Waals surface area contributed by atoms with Gasteiger partial charge >= 0.3 is 0 Å². The van der Waals surface area contributed by atoms with Crippen molar-refractivity contribution in [1.82, 2.24) is 19.8 Å². The number of hydrogen-bond acceptors (Lipinski definition) is 4. The van der Waals surface area contributed by atoms with Crippen LogP contribution in [0.15, 0.2) is 23.1 Å². The molecule has 3 aromatic heterocycles. The van der Waals surface area contributed by atoms with Crippen LogP contribution in [0.2, 0.25) is 0 Å². The van der Waals surface area contributed by atoms with Crippen LogP contribution in [0.5, 0.6) is 0 Å². The smallest absolute Gasteiger partial charge is 0.264 e. The summed E-state index contributed by atoms with van der Waals surface area (Å²) in [7, 11) is 1.78. The number of carbonyl (C=O) groups is 1. The van der Waals surface area contributed by atoms with E-state index < -0.39 is 0 Å². The molecule has 0 bridgehead atoms. The van der Waals surface area contributed by atoms with Crippen LogP contribution in [0.1, 0.15) is 40.6 Å². The lowest BCUT2D eigenvalue weighted by Gasteiger charge is -2.26. The number of fused-ring (bicyclic) bond motifs is 1. The number of piperazine rings is 1. The second-order valence-corrected chi connectivity index (χ2v) is 8.84. The van der Waals surface area contributed by atoms with E-state index in [0.717, 1.165) is 58.1 Å². The Bertz CT molecular complexity index is 1070. The fraction of sp³-hybridized carbons (Fsp3) is 0.429. The number of aromatic nitrogens is 2. The molecule has 0 aromatic carbocycles.